The third-order valence-electron chi connectivity index (χ3n) is 2.81. The Morgan fingerprint density at radius 2 is 2.15 bits per heavy atom. The topological polar surface area (TPSA) is 68.3 Å². The van der Waals surface area contributed by atoms with Gasteiger partial charge >= 0.3 is 5.63 Å². The number of hydrogen-bond acceptors (Lipinski definition) is 6. The van der Waals surface area contributed by atoms with Crippen molar-refractivity contribution in [1.29, 1.82) is 0 Å². The van der Waals surface area contributed by atoms with E-state index < -0.39 is 5.63 Å². The fraction of sp³-hybridized carbons (Fsp3) is 0.143. The Bertz CT molecular complexity index is 864. The zero-order chi connectivity index (χ0) is 14.1. The second-order valence-electron chi connectivity index (χ2n) is 4.31. The van der Waals surface area contributed by atoms with E-state index in [4.69, 9.17) is 4.42 Å². The third kappa shape index (κ3) is 2.37. The predicted octanol–water partition coefficient (Wildman–Crippen LogP) is 3.09. The van der Waals surface area contributed by atoms with Crippen LogP contribution in [0.15, 0.2) is 44.5 Å². The van der Waals surface area contributed by atoms with Gasteiger partial charge in [0.2, 0.25) is 5.13 Å². The highest BCUT2D eigenvalue weighted by Crippen LogP contribution is 2.17. The Morgan fingerprint density at radius 3 is 2.90 bits per heavy atom. The molecule has 20 heavy (non-hydrogen) atoms. The van der Waals surface area contributed by atoms with E-state index in [1.807, 2.05) is 18.2 Å². The van der Waals surface area contributed by atoms with Crippen LogP contribution >= 0.6 is 11.5 Å². The Hall–Kier alpha value is -2.34. The van der Waals surface area contributed by atoms with Crippen LogP contribution in [0.25, 0.3) is 11.0 Å². The smallest absolute Gasteiger partial charge is 0.345 e. The van der Waals surface area contributed by atoms with Gasteiger partial charge in [-0.05, 0) is 26.0 Å². The van der Waals surface area contributed by atoms with Gasteiger partial charge in [-0.3, -0.25) is 0 Å². The van der Waals surface area contributed by atoms with Crippen molar-refractivity contribution < 1.29 is 4.42 Å². The van der Waals surface area contributed by atoms with Crippen molar-refractivity contribution in [3.8, 4) is 0 Å². The summed E-state index contributed by atoms with van der Waals surface area (Å²) in [4.78, 5) is 20.5. The van der Waals surface area contributed by atoms with Gasteiger partial charge in [0, 0.05) is 16.9 Å². The molecule has 0 radical (unpaired) electrons. The fourth-order valence-corrected chi connectivity index (χ4v) is 2.45. The molecule has 0 aliphatic carbocycles. The number of aryl methyl sites for hydroxylation is 1. The summed E-state index contributed by atoms with van der Waals surface area (Å²) in [6.07, 6.45) is 0. The highest BCUT2D eigenvalue weighted by atomic mass is 32.1. The molecule has 0 saturated heterocycles. The van der Waals surface area contributed by atoms with Crippen LogP contribution in [0.5, 0.6) is 0 Å². The summed E-state index contributed by atoms with van der Waals surface area (Å²) in [5.74, 6) is 0.673. The van der Waals surface area contributed by atoms with E-state index in [9.17, 15) is 4.79 Å². The number of aromatic nitrogens is 2. The monoisotopic (exact) mass is 285 g/mol. The van der Waals surface area contributed by atoms with Crippen LogP contribution in [-0.4, -0.2) is 15.1 Å². The van der Waals surface area contributed by atoms with Crippen LogP contribution in [0.2, 0.25) is 0 Å². The second-order valence-corrected chi connectivity index (χ2v) is 5.04. The maximum absolute atomic E-state index is 12.0. The first-order valence-electron chi connectivity index (χ1n) is 6.02. The number of fused-ring (bicyclic) bond motifs is 1. The molecular formula is C14H11N3O2S. The molecule has 2 heterocycles. The highest BCUT2D eigenvalue weighted by molar-refractivity contribution is 7.09. The van der Waals surface area contributed by atoms with Gasteiger partial charge in [0.05, 0.1) is 11.3 Å². The van der Waals surface area contributed by atoms with Gasteiger partial charge in [-0.15, -0.1) is 0 Å². The van der Waals surface area contributed by atoms with Gasteiger partial charge in [-0.1, -0.05) is 18.2 Å². The zero-order valence-corrected chi connectivity index (χ0v) is 11.8. The third-order valence-corrected chi connectivity index (χ3v) is 3.51. The first kappa shape index (κ1) is 12.7. The lowest BCUT2D eigenvalue weighted by molar-refractivity contribution is 0.559. The molecular weight excluding hydrogens is 274 g/mol. The molecule has 0 unspecified atom stereocenters. The molecule has 0 atom stereocenters. The minimum absolute atomic E-state index is 0.397. The van der Waals surface area contributed by atoms with Gasteiger partial charge in [0.25, 0.3) is 0 Å². The van der Waals surface area contributed by atoms with Crippen LogP contribution in [0.4, 0.5) is 5.13 Å². The van der Waals surface area contributed by atoms with E-state index in [0.29, 0.717) is 27.8 Å². The summed E-state index contributed by atoms with van der Waals surface area (Å²) < 4.78 is 9.35. The quantitative estimate of drug-likeness (QED) is 0.536. The first-order chi connectivity index (χ1) is 9.63. The molecule has 3 rings (SSSR count). The predicted molar refractivity (Wildman–Crippen MR) is 79.0 cm³/mol. The molecule has 1 aromatic carbocycles. The Morgan fingerprint density at radius 1 is 1.35 bits per heavy atom. The van der Waals surface area contributed by atoms with E-state index in [2.05, 4.69) is 14.3 Å². The fourth-order valence-electron chi connectivity index (χ4n) is 1.85. The van der Waals surface area contributed by atoms with E-state index in [-0.39, 0.29) is 0 Å². The van der Waals surface area contributed by atoms with Crippen molar-refractivity contribution >= 4 is 33.3 Å². The van der Waals surface area contributed by atoms with Crippen LogP contribution in [0.1, 0.15) is 18.3 Å². The number of nitrogens with zero attached hydrogens (tertiary/aromatic N) is 3. The molecule has 0 bridgehead atoms. The lowest BCUT2D eigenvalue weighted by Crippen LogP contribution is -2.11. The van der Waals surface area contributed by atoms with Gasteiger partial charge < -0.3 is 4.42 Å². The van der Waals surface area contributed by atoms with E-state index in [1.54, 1.807) is 26.0 Å². The van der Waals surface area contributed by atoms with E-state index in [0.717, 1.165) is 5.39 Å². The zero-order valence-electron chi connectivity index (χ0n) is 11.0. The first-order valence-corrected chi connectivity index (χ1v) is 6.80. The van der Waals surface area contributed by atoms with Gasteiger partial charge in [0.15, 0.2) is 0 Å². The molecule has 100 valence electrons. The number of hydrogen-bond donors (Lipinski definition) is 0. The number of para-hydroxylation sites is 1. The lowest BCUT2D eigenvalue weighted by Gasteiger charge is -2.00. The van der Waals surface area contributed by atoms with E-state index in [1.165, 1.54) is 11.5 Å². The summed E-state index contributed by atoms with van der Waals surface area (Å²) in [7, 11) is 0. The standard InChI is InChI=1S/C14H11N3O2S/c1-8(15-14-16-9(2)17-20-14)11-7-10-5-3-4-6-12(10)19-13(11)18/h3-7H,1-2H3. The lowest BCUT2D eigenvalue weighted by atomic mass is 10.1. The van der Waals surface area contributed by atoms with Gasteiger partial charge in [-0.25, -0.2) is 14.8 Å². The maximum Gasteiger partial charge on any atom is 0.345 e. The molecule has 6 heteroatoms. The molecule has 0 spiro atoms. The Labute approximate surface area is 118 Å². The van der Waals surface area contributed by atoms with Crippen molar-refractivity contribution in [2.45, 2.75) is 13.8 Å². The minimum atomic E-state index is -0.397. The van der Waals surface area contributed by atoms with Crippen molar-refractivity contribution in [1.82, 2.24) is 9.36 Å². The van der Waals surface area contributed by atoms with Crippen molar-refractivity contribution in [3.05, 3.63) is 52.1 Å². The molecule has 0 amide bonds. The van der Waals surface area contributed by atoms with Crippen molar-refractivity contribution in [2.24, 2.45) is 4.99 Å². The molecule has 0 aliphatic heterocycles. The van der Waals surface area contributed by atoms with Crippen LogP contribution in [-0.2, 0) is 0 Å². The average molecular weight is 285 g/mol. The highest BCUT2D eigenvalue weighted by Gasteiger charge is 2.09. The Balaban J connectivity index is 2.11. The maximum atomic E-state index is 12.0. The van der Waals surface area contributed by atoms with Crippen molar-refractivity contribution in [3.63, 3.8) is 0 Å². The number of benzene rings is 1. The van der Waals surface area contributed by atoms with Crippen LogP contribution in [0, 0.1) is 6.92 Å². The van der Waals surface area contributed by atoms with Crippen LogP contribution in [0.3, 0.4) is 0 Å². The van der Waals surface area contributed by atoms with Gasteiger partial charge in [0.1, 0.15) is 11.4 Å². The summed E-state index contributed by atoms with van der Waals surface area (Å²) in [6.45, 7) is 3.56. The van der Waals surface area contributed by atoms with Crippen molar-refractivity contribution in [2.75, 3.05) is 0 Å². The summed E-state index contributed by atoms with van der Waals surface area (Å²) in [6, 6.07) is 9.17. The largest absolute Gasteiger partial charge is 0.422 e. The minimum Gasteiger partial charge on any atom is -0.422 e. The number of aliphatic imine (C=N–C) groups is 1. The normalized spacial score (nSPS) is 12.0. The molecule has 0 saturated carbocycles. The number of rotatable bonds is 2. The summed E-state index contributed by atoms with van der Waals surface area (Å²) >= 11 is 1.20. The molecule has 0 aliphatic rings. The second kappa shape index (κ2) is 4.97. The van der Waals surface area contributed by atoms with E-state index >= 15 is 0 Å². The molecule has 5 nitrogen and oxygen atoms in total. The molecule has 3 aromatic rings. The molecule has 0 N–H and O–H groups in total. The summed E-state index contributed by atoms with van der Waals surface area (Å²) in [5, 5.41) is 1.40. The Kier molecular flexibility index (Phi) is 3.15. The molecule has 2 aromatic heterocycles. The molecule has 0 fully saturated rings. The SMILES string of the molecule is CC(=Nc1nc(C)ns1)c1cc2ccccc2oc1=O. The average Bonchev–Trinajstić information content (AvgIpc) is 2.83. The van der Waals surface area contributed by atoms with Gasteiger partial charge in [-0.2, -0.15) is 4.37 Å². The van der Waals surface area contributed by atoms with Crippen LogP contribution < -0.4 is 5.63 Å². The summed E-state index contributed by atoms with van der Waals surface area (Å²) in [5.41, 5.74) is 1.18.